The number of imidazole rings is 1. The van der Waals surface area contributed by atoms with Gasteiger partial charge >= 0.3 is 0 Å². The first kappa shape index (κ1) is 21.4. The van der Waals surface area contributed by atoms with E-state index in [2.05, 4.69) is 46.4 Å². The van der Waals surface area contributed by atoms with Crippen molar-refractivity contribution in [2.45, 2.75) is 31.3 Å². The Bertz CT molecular complexity index is 1600. The maximum absolute atomic E-state index is 10.9. The first-order valence-corrected chi connectivity index (χ1v) is 11.7. The zero-order chi connectivity index (χ0) is 24.2. The minimum atomic E-state index is -0.870. The number of nitrogens with zero attached hydrogens (tertiary/aromatic N) is 5. The van der Waals surface area contributed by atoms with Gasteiger partial charge in [0.15, 0.2) is 0 Å². The predicted octanol–water partition coefficient (Wildman–Crippen LogP) is 4.89. The van der Waals surface area contributed by atoms with E-state index in [4.69, 9.17) is 15.7 Å². The minimum Gasteiger partial charge on any atom is -0.384 e. The zero-order valence-corrected chi connectivity index (χ0v) is 19.7. The van der Waals surface area contributed by atoms with E-state index in [0.717, 1.165) is 50.5 Å². The van der Waals surface area contributed by atoms with Crippen LogP contribution >= 0.6 is 0 Å². The summed E-state index contributed by atoms with van der Waals surface area (Å²) in [6.07, 6.45) is 4.74. The van der Waals surface area contributed by atoms with Crippen LogP contribution in [0, 0.1) is 0 Å². The van der Waals surface area contributed by atoms with Gasteiger partial charge in [-0.25, -0.2) is 15.0 Å². The molecule has 2 aromatic carbocycles. The molecule has 0 unspecified atom stereocenters. The second-order valence-corrected chi connectivity index (χ2v) is 9.27. The Labute approximate surface area is 203 Å². The molecule has 1 aliphatic carbocycles. The predicted molar refractivity (Wildman–Crippen MR) is 140 cm³/mol. The summed E-state index contributed by atoms with van der Waals surface area (Å²) in [6.45, 7) is 1.87. The first-order valence-electron chi connectivity index (χ1n) is 11.7. The van der Waals surface area contributed by atoms with Gasteiger partial charge in [0, 0.05) is 47.6 Å². The van der Waals surface area contributed by atoms with Gasteiger partial charge in [0.2, 0.25) is 0 Å². The summed E-state index contributed by atoms with van der Waals surface area (Å²) < 4.78 is 2.01. The lowest BCUT2D eigenvalue weighted by Gasteiger charge is -2.42. The lowest BCUT2D eigenvalue weighted by molar-refractivity contribution is 0.0126. The highest BCUT2D eigenvalue weighted by Gasteiger charge is 2.47. The minimum absolute atomic E-state index is 0.100. The molecule has 0 atom stereocenters. The molecule has 1 fully saturated rings. The zero-order valence-electron chi connectivity index (χ0n) is 19.7. The summed E-state index contributed by atoms with van der Waals surface area (Å²) in [4.78, 5) is 18.5. The van der Waals surface area contributed by atoms with Gasteiger partial charge in [-0.3, -0.25) is 9.39 Å². The van der Waals surface area contributed by atoms with Gasteiger partial charge in [0.25, 0.3) is 0 Å². The van der Waals surface area contributed by atoms with Crippen LogP contribution in [0.25, 0.3) is 38.9 Å². The monoisotopic (exact) mass is 462 g/mol. The largest absolute Gasteiger partial charge is 0.384 e. The smallest absolute Gasteiger partial charge is 0.150 e. The topological polar surface area (TPSA) is 102 Å². The number of benzene rings is 2. The third-order valence-electron chi connectivity index (χ3n) is 7.19. The van der Waals surface area contributed by atoms with Gasteiger partial charge in [0.05, 0.1) is 11.2 Å². The lowest BCUT2D eigenvalue weighted by atomic mass is 9.68. The number of nitrogen functional groups attached to an aromatic ring is 1. The molecule has 0 saturated heterocycles. The van der Waals surface area contributed by atoms with Crippen LogP contribution < -0.4 is 5.73 Å². The fourth-order valence-corrected chi connectivity index (χ4v) is 5.05. The van der Waals surface area contributed by atoms with E-state index < -0.39 is 5.60 Å². The summed E-state index contributed by atoms with van der Waals surface area (Å²) in [7, 11) is 1.72. The van der Waals surface area contributed by atoms with Crippen molar-refractivity contribution >= 4 is 27.9 Å². The molecule has 0 radical (unpaired) electrons. The van der Waals surface area contributed by atoms with Crippen LogP contribution in [0.2, 0.25) is 0 Å². The molecular weight excluding hydrogens is 436 g/mol. The van der Waals surface area contributed by atoms with E-state index in [1.807, 2.05) is 41.8 Å². The number of hydrogen-bond donors (Lipinski definition) is 2. The lowest BCUT2D eigenvalue weighted by Crippen LogP contribution is -2.48. The van der Waals surface area contributed by atoms with Crippen LogP contribution in [0.5, 0.6) is 0 Å². The standard InChI is InChI=1S/C28H26N6O/c1-17(30-2)28(35)15-21(16-28)27-33-24(25-26(29)31-12-13-34(25)27)20-9-8-19-10-11-22(32-23(19)14-20)18-6-4-3-5-7-18/h3-14,21,35H,15-16H2,1-2H3,(H2,29,31). The number of anilines is 1. The molecule has 174 valence electrons. The second kappa shape index (κ2) is 7.99. The molecule has 5 aromatic rings. The normalized spacial score (nSPS) is 20.3. The van der Waals surface area contributed by atoms with Gasteiger partial charge in [-0.05, 0) is 31.9 Å². The molecule has 0 amide bonds. The Morgan fingerprint density at radius 2 is 1.83 bits per heavy atom. The van der Waals surface area contributed by atoms with Crippen LogP contribution in [0.3, 0.4) is 0 Å². The number of rotatable bonds is 4. The van der Waals surface area contributed by atoms with Crippen molar-refractivity contribution in [2.75, 3.05) is 12.8 Å². The molecule has 3 N–H and O–H groups in total. The molecule has 7 nitrogen and oxygen atoms in total. The van der Waals surface area contributed by atoms with Crippen molar-refractivity contribution in [3.63, 3.8) is 0 Å². The molecule has 3 heterocycles. The van der Waals surface area contributed by atoms with Crippen LogP contribution in [-0.4, -0.2) is 42.8 Å². The van der Waals surface area contributed by atoms with Crippen molar-refractivity contribution in [3.05, 3.63) is 78.9 Å². The van der Waals surface area contributed by atoms with Gasteiger partial charge in [-0.1, -0.05) is 48.5 Å². The molecule has 6 rings (SSSR count). The molecular formula is C28H26N6O. The van der Waals surface area contributed by atoms with Crippen LogP contribution in [0.15, 0.2) is 78.0 Å². The van der Waals surface area contributed by atoms with Crippen LogP contribution in [0.1, 0.15) is 31.5 Å². The van der Waals surface area contributed by atoms with Crippen molar-refractivity contribution in [1.29, 1.82) is 0 Å². The average molecular weight is 463 g/mol. The first-order chi connectivity index (χ1) is 17.0. The molecule has 3 aromatic heterocycles. The number of hydrogen-bond acceptors (Lipinski definition) is 6. The van der Waals surface area contributed by atoms with E-state index >= 15 is 0 Å². The van der Waals surface area contributed by atoms with Gasteiger partial charge in [-0.2, -0.15) is 0 Å². The van der Waals surface area contributed by atoms with E-state index in [9.17, 15) is 5.11 Å². The summed E-state index contributed by atoms with van der Waals surface area (Å²) in [5, 5.41) is 11.9. The fraction of sp³-hybridized carbons (Fsp3) is 0.214. The van der Waals surface area contributed by atoms with Crippen molar-refractivity contribution in [1.82, 2.24) is 19.4 Å². The number of fused-ring (bicyclic) bond motifs is 2. The van der Waals surface area contributed by atoms with E-state index in [-0.39, 0.29) is 5.92 Å². The third kappa shape index (κ3) is 3.47. The number of pyridine rings is 1. The van der Waals surface area contributed by atoms with E-state index in [0.29, 0.717) is 18.7 Å². The van der Waals surface area contributed by atoms with E-state index in [1.165, 1.54) is 0 Å². The molecule has 35 heavy (non-hydrogen) atoms. The summed E-state index contributed by atoms with van der Waals surface area (Å²) in [5.41, 5.74) is 11.6. The van der Waals surface area contributed by atoms with Gasteiger partial charge in [-0.15, -0.1) is 0 Å². The summed E-state index contributed by atoms with van der Waals surface area (Å²) >= 11 is 0. The Morgan fingerprint density at radius 1 is 1.06 bits per heavy atom. The van der Waals surface area contributed by atoms with Crippen molar-refractivity contribution in [3.8, 4) is 22.5 Å². The maximum atomic E-state index is 10.9. The Kier molecular flexibility index (Phi) is 4.89. The quantitative estimate of drug-likeness (QED) is 0.370. The molecule has 1 aliphatic rings. The molecule has 1 saturated carbocycles. The number of aromatic nitrogens is 4. The Balaban J connectivity index is 1.45. The number of aliphatic hydroxyl groups is 1. The third-order valence-corrected chi connectivity index (χ3v) is 7.19. The van der Waals surface area contributed by atoms with Crippen molar-refractivity contribution in [2.24, 2.45) is 4.99 Å². The molecule has 7 heteroatoms. The van der Waals surface area contributed by atoms with Crippen LogP contribution in [-0.2, 0) is 0 Å². The highest BCUT2D eigenvalue weighted by molar-refractivity contribution is 5.92. The van der Waals surface area contributed by atoms with Crippen LogP contribution in [0.4, 0.5) is 5.82 Å². The summed E-state index contributed by atoms with van der Waals surface area (Å²) in [6, 6.07) is 20.5. The highest BCUT2D eigenvalue weighted by Crippen LogP contribution is 2.46. The van der Waals surface area contributed by atoms with E-state index in [1.54, 1.807) is 13.2 Å². The average Bonchev–Trinajstić information content (AvgIpc) is 3.26. The number of nitrogens with two attached hydrogens (primary N) is 1. The SMILES string of the molecule is CN=C(C)C1(O)CC(c2nc(-c3ccc4ccc(-c5ccccc5)nc4c3)c3c(N)nccn23)C1. The maximum Gasteiger partial charge on any atom is 0.150 e. The highest BCUT2D eigenvalue weighted by atomic mass is 16.3. The Morgan fingerprint density at radius 3 is 2.60 bits per heavy atom. The Hall–Kier alpha value is -4.10. The van der Waals surface area contributed by atoms with Crippen molar-refractivity contribution < 1.29 is 5.11 Å². The molecule has 0 bridgehead atoms. The summed E-state index contributed by atoms with van der Waals surface area (Å²) in [5.74, 6) is 1.40. The van der Waals surface area contributed by atoms with Gasteiger partial charge < -0.3 is 10.8 Å². The van der Waals surface area contributed by atoms with Gasteiger partial charge in [0.1, 0.15) is 28.5 Å². The number of aliphatic imine (C=N–C) groups is 1. The fourth-order valence-electron chi connectivity index (χ4n) is 5.05. The second-order valence-electron chi connectivity index (χ2n) is 9.27. The molecule has 0 spiro atoms. The molecule has 0 aliphatic heterocycles.